The first kappa shape index (κ1) is 28.2. The number of carbonyl (C=O) groups excluding carboxylic acids is 1. The van der Waals surface area contributed by atoms with Crippen molar-refractivity contribution < 1.29 is 37.0 Å². The van der Waals surface area contributed by atoms with Gasteiger partial charge in [0.25, 0.3) is 0 Å². The summed E-state index contributed by atoms with van der Waals surface area (Å²) < 4.78 is 51.8. The second-order valence-electron chi connectivity index (χ2n) is 8.37. The molecule has 1 fully saturated rings. The lowest BCUT2D eigenvalue weighted by molar-refractivity contribution is -0.192. The maximum atomic E-state index is 13.4. The van der Waals surface area contributed by atoms with Gasteiger partial charge in [0.2, 0.25) is 5.91 Å². The Morgan fingerprint density at radius 3 is 2.46 bits per heavy atom. The van der Waals surface area contributed by atoms with Gasteiger partial charge in [-0.25, -0.2) is 9.18 Å². The van der Waals surface area contributed by atoms with E-state index in [1.54, 1.807) is 35.5 Å². The maximum absolute atomic E-state index is 13.4. The Morgan fingerprint density at radius 1 is 1.22 bits per heavy atom. The average Bonchev–Trinajstić information content (AvgIpc) is 3.19. The summed E-state index contributed by atoms with van der Waals surface area (Å²) in [5.41, 5.74) is 2.02. The molecule has 0 spiro atoms. The fourth-order valence-corrected chi connectivity index (χ4v) is 5.33. The summed E-state index contributed by atoms with van der Waals surface area (Å²) in [6, 6.07) is 12.1. The standard InChI is InChI=1S/C23H26FN3O2S.C2HF3O2/c1-15-21(30-20-6-4-5-19(29-3)22(15)20)14-26(2)23(28)18-13-25-11-12-27(18)17-9-7-16(24)8-10-17;3-2(4,5)1(6)7/h4-10,18,25H,11-14H2,1-3H3;(H,6,7). The van der Waals surface area contributed by atoms with Gasteiger partial charge in [0.05, 0.1) is 13.7 Å². The number of piperazine rings is 1. The summed E-state index contributed by atoms with van der Waals surface area (Å²) in [5.74, 6) is -2.12. The lowest BCUT2D eigenvalue weighted by atomic mass is 10.1. The van der Waals surface area contributed by atoms with Crippen LogP contribution in [0.3, 0.4) is 0 Å². The van der Waals surface area contributed by atoms with E-state index in [9.17, 15) is 22.4 Å². The van der Waals surface area contributed by atoms with Gasteiger partial charge in [-0.15, -0.1) is 11.3 Å². The molecule has 3 aromatic rings. The first-order valence-electron chi connectivity index (χ1n) is 11.3. The van der Waals surface area contributed by atoms with Crippen molar-refractivity contribution in [3.8, 4) is 5.75 Å². The maximum Gasteiger partial charge on any atom is 0.490 e. The number of methoxy groups -OCH3 is 1. The molecule has 37 heavy (non-hydrogen) atoms. The lowest BCUT2D eigenvalue weighted by Gasteiger charge is -2.38. The van der Waals surface area contributed by atoms with Gasteiger partial charge in [-0.3, -0.25) is 4.79 Å². The Labute approximate surface area is 215 Å². The quantitative estimate of drug-likeness (QED) is 0.466. The van der Waals surface area contributed by atoms with E-state index in [1.807, 2.05) is 19.2 Å². The summed E-state index contributed by atoms with van der Waals surface area (Å²) >= 11 is 1.70. The number of thiophene rings is 1. The molecule has 1 saturated heterocycles. The molecule has 2 heterocycles. The normalized spacial score (nSPS) is 15.6. The Hall–Kier alpha value is -3.38. The molecule has 0 radical (unpaired) electrons. The molecule has 0 saturated carbocycles. The van der Waals surface area contributed by atoms with Crippen molar-refractivity contribution in [1.82, 2.24) is 10.2 Å². The number of anilines is 1. The molecule has 1 aliphatic rings. The van der Waals surface area contributed by atoms with Crippen LogP contribution in [0.4, 0.5) is 23.2 Å². The summed E-state index contributed by atoms with van der Waals surface area (Å²) in [4.78, 5) is 27.3. The molecule has 2 N–H and O–H groups in total. The highest BCUT2D eigenvalue weighted by atomic mass is 32.1. The molecule has 1 aliphatic heterocycles. The van der Waals surface area contributed by atoms with Crippen LogP contribution < -0.4 is 15.0 Å². The molecule has 7 nitrogen and oxygen atoms in total. The lowest BCUT2D eigenvalue weighted by Crippen LogP contribution is -2.58. The molecule has 1 amide bonds. The number of hydrogen-bond donors (Lipinski definition) is 2. The van der Waals surface area contributed by atoms with Crippen molar-refractivity contribution in [1.29, 1.82) is 0 Å². The van der Waals surface area contributed by atoms with Crippen LogP contribution in [-0.4, -0.2) is 67.9 Å². The number of hydrogen-bond acceptors (Lipinski definition) is 6. The molecule has 200 valence electrons. The highest BCUT2D eigenvalue weighted by Crippen LogP contribution is 2.37. The van der Waals surface area contributed by atoms with Gasteiger partial charge in [0.15, 0.2) is 0 Å². The van der Waals surface area contributed by atoms with Gasteiger partial charge >= 0.3 is 12.1 Å². The average molecular weight is 542 g/mol. The number of fused-ring (bicyclic) bond motifs is 1. The number of aryl methyl sites for hydroxylation is 1. The minimum atomic E-state index is -5.08. The molecular weight excluding hydrogens is 514 g/mol. The Bertz CT molecular complexity index is 1250. The molecule has 4 rings (SSSR count). The van der Waals surface area contributed by atoms with E-state index in [0.29, 0.717) is 19.6 Å². The predicted molar refractivity (Wildman–Crippen MR) is 134 cm³/mol. The zero-order valence-corrected chi connectivity index (χ0v) is 21.3. The number of alkyl halides is 3. The minimum absolute atomic E-state index is 0.0512. The topological polar surface area (TPSA) is 82.1 Å². The number of nitrogens with zero attached hydrogens (tertiary/aromatic N) is 2. The van der Waals surface area contributed by atoms with Crippen LogP contribution in [0, 0.1) is 12.7 Å². The minimum Gasteiger partial charge on any atom is -0.496 e. The highest BCUT2D eigenvalue weighted by molar-refractivity contribution is 7.19. The number of carboxylic acids is 1. The van der Waals surface area contributed by atoms with Crippen LogP contribution >= 0.6 is 11.3 Å². The van der Waals surface area contributed by atoms with E-state index in [-0.39, 0.29) is 17.8 Å². The number of benzene rings is 2. The number of amides is 1. The van der Waals surface area contributed by atoms with Crippen molar-refractivity contribution in [2.45, 2.75) is 25.7 Å². The Kier molecular flexibility index (Phi) is 8.98. The fraction of sp³-hybridized carbons (Fsp3) is 0.360. The summed E-state index contributed by atoms with van der Waals surface area (Å²) in [6.07, 6.45) is -5.08. The van der Waals surface area contributed by atoms with Crippen LogP contribution in [0.1, 0.15) is 10.4 Å². The van der Waals surface area contributed by atoms with Gasteiger partial charge in [0.1, 0.15) is 17.6 Å². The van der Waals surface area contributed by atoms with Gasteiger partial charge in [-0.05, 0) is 48.9 Å². The van der Waals surface area contributed by atoms with Crippen molar-refractivity contribution >= 4 is 39.0 Å². The third-order valence-corrected chi connectivity index (χ3v) is 7.16. The number of ether oxygens (including phenoxy) is 1. The molecule has 1 unspecified atom stereocenters. The summed E-state index contributed by atoms with van der Waals surface area (Å²) in [6.45, 7) is 4.69. The smallest absolute Gasteiger partial charge is 0.490 e. The molecule has 2 aromatic carbocycles. The summed E-state index contributed by atoms with van der Waals surface area (Å²) in [5, 5.41) is 11.6. The number of halogens is 4. The van der Waals surface area contributed by atoms with E-state index >= 15 is 0 Å². The first-order chi connectivity index (χ1) is 17.4. The van der Waals surface area contributed by atoms with Gasteiger partial charge in [0, 0.05) is 47.3 Å². The zero-order chi connectivity index (χ0) is 27.3. The van der Waals surface area contributed by atoms with Crippen LogP contribution in [0.2, 0.25) is 0 Å². The molecule has 12 heteroatoms. The third-order valence-electron chi connectivity index (χ3n) is 5.92. The van der Waals surface area contributed by atoms with Gasteiger partial charge in [-0.2, -0.15) is 13.2 Å². The monoisotopic (exact) mass is 541 g/mol. The van der Waals surface area contributed by atoms with Crippen LogP contribution in [0.25, 0.3) is 10.1 Å². The predicted octanol–water partition coefficient (Wildman–Crippen LogP) is 4.43. The molecule has 0 bridgehead atoms. The SMILES string of the molecule is COc1cccc2sc(CN(C)C(=O)C3CNCCN3c3ccc(F)cc3)c(C)c12.O=C(O)C(F)(F)F. The van der Waals surface area contributed by atoms with Crippen molar-refractivity contribution in [3.63, 3.8) is 0 Å². The van der Waals surface area contributed by atoms with Crippen molar-refractivity contribution in [3.05, 3.63) is 58.7 Å². The summed E-state index contributed by atoms with van der Waals surface area (Å²) in [7, 11) is 3.53. The number of nitrogens with one attached hydrogen (secondary N) is 1. The number of likely N-dealkylation sites (N-methyl/N-ethyl adjacent to an activating group) is 1. The van der Waals surface area contributed by atoms with Crippen LogP contribution in [-0.2, 0) is 16.1 Å². The third kappa shape index (κ3) is 6.69. The zero-order valence-electron chi connectivity index (χ0n) is 20.4. The van der Waals surface area contributed by atoms with Gasteiger partial charge in [-0.1, -0.05) is 6.07 Å². The van der Waals surface area contributed by atoms with Crippen LogP contribution in [0.5, 0.6) is 5.75 Å². The van der Waals surface area contributed by atoms with E-state index in [1.165, 1.54) is 12.1 Å². The van der Waals surface area contributed by atoms with E-state index in [4.69, 9.17) is 14.6 Å². The number of aliphatic carboxylic acids is 1. The van der Waals surface area contributed by atoms with E-state index < -0.39 is 12.1 Å². The van der Waals surface area contributed by atoms with Crippen molar-refractivity contribution in [2.75, 3.05) is 38.7 Å². The second-order valence-corrected chi connectivity index (χ2v) is 9.51. The highest BCUT2D eigenvalue weighted by Gasteiger charge is 2.38. The number of carbonyl (C=O) groups is 2. The largest absolute Gasteiger partial charge is 0.496 e. The first-order valence-corrected chi connectivity index (χ1v) is 12.1. The Balaban J connectivity index is 0.000000479. The van der Waals surface area contributed by atoms with Crippen LogP contribution in [0.15, 0.2) is 42.5 Å². The van der Waals surface area contributed by atoms with Crippen molar-refractivity contribution in [2.24, 2.45) is 0 Å². The molecule has 1 aromatic heterocycles. The van der Waals surface area contributed by atoms with Gasteiger partial charge < -0.3 is 25.0 Å². The molecule has 0 aliphatic carbocycles. The second kappa shape index (κ2) is 11.8. The van der Waals surface area contributed by atoms with E-state index in [2.05, 4.69) is 23.2 Å². The number of carboxylic acid groups (broad SMARTS) is 1. The Morgan fingerprint density at radius 2 is 1.86 bits per heavy atom. The molecule has 1 atom stereocenters. The number of rotatable bonds is 5. The molecular formula is C25H27F4N3O4S. The fourth-order valence-electron chi connectivity index (χ4n) is 4.05. The van der Waals surface area contributed by atoms with E-state index in [0.717, 1.165) is 38.5 Å².